The average Bonchev–Trinajstić information content (AvgIpc) is 2.51. The fourth-order valence-corrected chi connectivity index (χ4v) is 1.77. The lowest BCUT2D eigenvalue weighted by Gasteiger charge is -2.08. The minimum atomic E-state index is -0.299. The van der Waals surface area contributed by atoms with Gasteiger partial charge in [0.2, 0.25) is 0 Å². The molecule has 2 N–H and O–H groups in total. The van der Waals surface area contributed by atoms with Crippen molar-refractivity contribution < 1.29 is 19.0 Å². The zero-order chi connectivity index (χ0) is 15.1. The number of ether oxygens (including phenoxy) is 1. The summed E-state index contributed by atoms with van der Waals surface area (Å²) in [6.07, 6.45) is 0. The first-order chi connectivity index (χ1) is 10.2. The summed E-state index contributed by atoms with van der Waals surface area (Å²) in [5.41, 5.74) is 1.22. The first kappa shape index (κ1) is 15.0. The Morgan fingerprint density at radius 3 is 2.62 bits per heavy atom. The van der Waals surface area contributed by atoms with Gasteiger partial charge in [0.05, 0.1) is 6.61 Å². The molecule has 110 valence electrons. The molecular weight excluding hydrogens is 273 g/mol. The van der Waals surface area contributed by atoms with Crippen molar-refractivity contribution in [3.63, 3.8) is 0 Å². The van der Waals surface area contributed by atoms with E-state index in [0.29, 0.717) is 11.3 Å². The average molecular weight is 289 g/mol. The van der Waals surface area contributed by atoms with Gasteiger partial charge >= 0.3 is 0 Å². The number of hydrogen-bond donors (Lipinski definition) is 2. The summed E-state index contributed by atoms with van der Waals surface area (Å²) in [5, 5.41) is 11.2. The quantitative estimate of drug-likeness (QED) is 0.856. The fourth-order valence-electron chi connectivity index (χ4n) is 1.77. The Morgan fingerprint density at radius 1 is 1.19 bits per heavy atom. The molecule has 0 heterocycles. The highest BCUT2D eigenvalue weighted by Gasteiger charge is 2.04. The molecule has 2 aromatic carbocycles. The molecule has 0 aliphatic rings. The van der Waals surface area contributed by atoms with Crippen molar-refractivity contribution in [3.05, 3.63) is 65.5 Å². The first-order valence-electron chi connectivity index (χ1n) is 6.55. The number of halogens is 1. The molecule has 0 bridgehead atoms. The fraction of sp³-hybridized carbons (Fsp3) is 0.188. The number of rotatable bonds is 6. The van der Waals surface area contributed by atoms with Gasteiger partial charge in [-0.3, -0.25) is 4.79 Å². The van der Waals surface area contributed by atoms with Crippen LogP contribution in [0.15, 0.2) is 48.5 Å². The highest BCUT2D eigenvalue weighted by molar-refractivity contribution is 5.94. The number of nitrogens with one attached hydrogen (secondary N) is 1. The number of benzene rings is 2. The van der Waals surface area contributed by atoms with Gasteiger partial charge in [0, 0.05) is 12.1 Å². The van der Waals surface area contributed by atoms with Crippen LogP contribution in [0.25, 0.3) is 0 Å². The summed E-state index contributed by atoms with van der Waals surface area (Å²) in [5.74, 6) is 0.0469. The van der Waals surface area contributed by atoms with E-state index in [4.69, 9.17) is 9.84 Å². The molecule has 0 fully saturated rings. The molecule has 0 atom stereocenters. The second kappa shape index (κ2) is 7.40. The van der Waals surface area contributed by atoms with Crippen LogP contribution in [0, 0.1) is 5.82 Å². The van der Waals surface area contributed by atoms with Gasteiger partial charge < -0.3 is 15.2 Å². The number of amides is 1. The maximum atomic E-state index is 13.0. The third-order valence-electron chi connectivity index (χ3n) is 2.81. The third kappa shape index (κ3) is 4.57. The van der Waals surface area contributed by atoms with E-state index in [-0.39, 0.29) is 31.5 Å². The third-order valence-corrected chi connectivity index (χ3v) is 2.81. The van der Waals surface area contributed by atoms with Crippen molar-refractivity contribution in [3.8, 4) is 5.75 Å². The Kier molecular flexibility index (Phi) is 5.29. The van der Waals surface area contributed by atoms with E-state index >= 15 is 0 Å². The van der Waals surface area contributed by atoms with Crippen molar-refractivity contribution >= 4 is 5.91 Å². The zero-order valence-electron chi connectivity index (χ0n) is 11.4. The lowest BCUT2D eigenvalue weighted by Crippen LogP contribution is -2.26. The number of carbonyl (C=O) groups is 1. The maximum Gasteiger partial charge on any atom is 0.251 e. The predicted octanol–water partition coefficient (Wildman–Crippen LogP) is 2.13. The van der Waals surface area contributed by atoms with Crippen molar-refractivity contribution in [2.24, 2.45) is 0 Å². The summed E-state index contributed by atoms with van der Waals surface area (Å²) in [4.78, 5) is 11.6. The van der Waals surface area contributed by atoms with Crippen LogP contribution in [-0.2, 0) is 6.61 Å². The second-order valence-electron chi connectivity index (χ2n) is 4.42. The van der Waals surface area contributed by atoms with E-state index in [1.165, 1.54) is 12.1 Å². The Hall–Kier alpha value is -2.40. The van der Waals surface area contributed by atoms with Gasteiger partial charge in [0.25, 0.3) is 5.91 Å². The van der Waals surface area contributed by atoms with Crippen LogP contribution in [0.4, 0.5) is 4.39 Å². The Bertz CT molecular complexity index is 599. The van der Waals surface area contributed by atoms with E-state index in [1.807, 2.05) is 0 Å². The second-order valence-corrected chi connectivity index (χ2v) is 4.42. The molecule has 0 aliphatic heterocycles. The molecule has 0 spiro atoms. The van der Waals surface area contributed by atoms with Crippen LogP contribution in [0.1, 0.15) is 15.9 Å². The molecule has 1 amide bonds. The smallest absolute Gasteiger partial charge is 0.251 e. The molecule has 2 aromatic rings. The largest absolute Gasteiger partial charge is 0.489 e. The van der Waals surface area contributed by atoms with Gasteiger partial charge in [0.15, 0.2) is 0 Å². The number of aliphatic hydroxyl groups is 1. The molecule has 0 aromatic heterocycles. The monoisotopic (exact) mass is 289 g/mol. The van der Waals surface area contributed by atoms with E-state index < -0.39 is 0 Å². The molecule has 0 unspecified atom stereocenters. The van der Waals surface area contributed by atoms with Crippen LogP contribution < -0.4 is 10.1 Å². The molecule has 0 radical (unpaired) electrons. The number of hydrogen-bond acceptors (Lipinski definition) is 3. The zero-order valence-corrected chi connectivity index (χ0v) is 11.4. The molecule has 0 saturated heterocycles. The van der Waals surface area contributed by atoms with Crippen LogP contribution >= 0.6 is 0 Å². The standard InChI is InChI=1S/C16H16FNO3/c17-14-3-1-2-12(10-14)11-21-15-6-4-13(5-7-15)16(20)18-8-9-19/h1-7,10,19H,8-9,11H2,(H,18,20). The molecule has 0 saturated carbocycles. The van der Waals surface area contributed by atoms with Gasteiger partial charge in [-0.15, -0.1) is 0 Å². The number of aliphatic hydroxyl groups excluding tert-OH is 1. The minimum absolute atomic E-state index is 0.0967. The topological polar surface area (TPSA) is 58.6 Å². The minimum Gasteiger partial charge on any atom is -0.489 e. The van der Waals surface area contributed by atoms with Gasteiger partial charge in [0.1, 0.15) is 18.2 Å². The summed E-state index contributed by atoms with van der Waals surface area (Å²) in [6.45, 7) is 0.380. The van der Waals surface area contributed by atoms with Crippen LogP contribution in [0.3, 0.4) is 0 Å². The van der Waals surface area contributed by atoms with E-state index in [0.717, 1.165) is 5.56 Å². The lowest BCUT2D eigenvalue weighted by atomic mass is 10.2. The Morgan fingerprint density at radius 2 is 1.95 bits per heavy atom. The van der Waals surface area contributed by atoms with Gasteiger partial charge in [-0.25, -0.2) is 4.39 Å². The van der Waals surface area contributed by atoms with Crippen LogP contribution in [0.5, 0.6) is 5.75 Å². The van der Waals surface area contributed by atoms with E-state index in [1.54, 1.807) is 36.4 Å². The molecule has 5 heteroatoms. The number of carbonyl (C=O) groups excluding carboxylic acids is 1. The Balaban J connectivity index is 1.92. The molecule has 2 rings (SSSR count). The normalized spacial score (nSPS) is 10.2. The summed E-state index contributed by atoms with van der Waals surface area (Å²) in [7, 11) is 0. The molecule has 4 nitrogen and oxygen atoms in total. The summed E-state index contributed by atoms with van der Waals surface area (Å²) < 4.78 is 18.5. The molecule has 21 heavy (non-hydrogen) atoms. The highest BCUT2D eigenvalue weighted by atomic mass is 19.1. The highest BCUT2D eigenvalue weighted by Crippen LogP contribution is 2.14. The van der Waals surface area contributed by atoms with Crippen molar-refractivity contribution in [1.82, 2.24) is 5.32 Å². The summed E-state index contributed by atoms with van der Waals surface area (Å²) in [6, 6.07) is 12.8. The van der Waals surface area contributed by atoms with Crippen molar-refractivity contribution in [2.75, 3.05) is 13.2 Å². The first-order valence-corrected chi connectivity index (χ1v) is 6.55. The van der Waals surface area contributed by atoms with Gasteiger partial charge in [-0.05, 0) is 42.0 Å². The lowest BCUT2D eigenvalue weighted by molar-refractivity contribution is 0.0944. The van der Waals surface area contributed by atoms with Crippen molar-refractivity contribution in [2.45, 2.75) is 6.61 Å². The van der Waals surface area contributed by atoms with E-state index in [2.05, 4.69) is 5.32 Å². The van der Waals surface area contributed by atoms with Crippen molar-refractivity contribution in [1.29, 1.82) is 0 Å². The summed E-state index contributed by atoms with van der Waals surface area (Å²) >= 11 is 0. The molecule has 0 aliphatic carbocycles. The van der Waals surface area contributed by atoms with Crippen LogP contribution in [0.2, 0.25) is 0 Å². The predicted molar refractivity (Wildman–Crippen MR) is 76.6 cm³/mol. The SMILES string of the molecule is O=C(NCCO)c1ccc(OCc2cccc(F)c2)cc1. The van der Waals surface area contributed by atoms with Gasteiger partial charge in [-0.1, -0.05) is 12.1 Å². The van der Waals surface area contributed by atoms with E-state index in [9.17, 15) is 9.18 Å². The Labute approximate surface area is 122 Å². The maximum absolute atomic E-state index is 13.0. The van der Waals surface area contributed by atoms with Crippen LogP contribution in [-0.4, -0.2) is 24.2 Å². The molecular formula is C16H16FNO3. The van der Waals surface area contributed by atoms with Gasteiger partial charge in [-0.2, -0.15) is 0 Å².